The summed E-state index contributed by atoms with van der Waals surface area (Å²) >= 11 is 0. The SMILES string of the molecule is Cc1ccc2c(c1)S(=O)c1cc(C)ccc1N2c1c(C)cc(C(C)(C)C)cc1C. The van der Waals surface area contributed by atoms with Crippen molar-refractivity contribution in [2.75, 3.05) is 4.90 Å². The zero-order valence-corrected chi connectivity index (χ0v) is 19.2. The van der Waals surface area contributed by atoms with Crippen molar-refractivity contribution in [3.8, 4) is 0 Å². The molecule has 0 atom stereocenters. The van der Waals surface area contributed by atoms with Crippen LogP contribution in [0, 0.1) is 27.7 Å². The van der Waals surface area contributed by atoms with E-state index in [4.69, 9.17) is 0 Å². The molecular weight excluding hydrogens is 374 g/mol. The van der Waals surface area contributed by atoms with E-state index in [-0.39, 0.29) is 5.41 Å². The number of nitrogens with zero attached hydrogens (tertiary/aromatic N) is 1. The minimum atomic E-state index is -1.18. The van der Waals surface area contributed by atoms with Gasteiger partial charge in [-0.1, -0.05) is 45.0 Å². The third kappa shape index (κ3) is 3.32. The zero-order chi connectivity index (χ0) is 21.1. The van der Waals surface area contributed by atoms with Crippen LogP contribution in [0.25, 0.3) is 0 Å². The number of hydrogen-bond acceptors (Lipinski definition) is 2. The van der Waals surface area contributed by atoms with E-state index < -0.39 is 10.8 Å². The van der Waals surface area contributed by atoms with Gasteiger partial charge < -0.3 is 4.90 Å². The summed E-state index contributed by atoms with van der Waals surface area (Å²) in [6.07, 6.45) is 0. The van der Waals surface area contributed by atoms with Crippen LogP contribution in [-0.4, -0.2) is 4.21 Å². The van der Waals surface area contributed by atoms with Gasteiger partial charge in [-0.2, -0.15) is 0 Å². The van der Waals surface area contributed by atoms with Crippen molar-refractivity contribution in [1.82, 2.24) is 0 Å². The quantitative estimate of drug-likeness (QED) is 0.336. The molecule has 0 aliphatic carbocycles. The number of fused-ring (bicyclic) bond motifs is 2. The van der Waals surface area contributed by atoms with Crippen LogP contribution in [0.1, 0.15) is 48.6 Å². The van der Waals surface area contributed by atoms with Crippen molar-refractivity contribution in [2.45, 2.75) is 63.7 Å². The first-order chi connectivity index (χ1) is 13.6. The van der Waals surface area contributed by atoms with Gasteiger partial charge in [0, 0.05) is 0 Å². The third-order valence-corrected chi connectivity index (χ3v) is 7.15. The van der Waals surface area contributed by atoms with Crippen molar-refractivity contribution in [3.05, 3.63) is 76.3 Å². The average Bonchev–Trinajstić information content (AvgIpc) is 2.63. The average molecular weight is 404 g/mol. The Labute approximate surface area is 177 Å². The molecule has 3 aromatic rings. The van der Waals surface area contributed by atoms with E-state index in [1.165, 1.54) is 22.4 Å². The minimum Gasteiger partial charge on any atom is -0.307 e. The highest BCUT2D eigenvalue weighted by atomic mass is 32.2. The van der Waals surface area contributed by atoms with Crippen LogP contribution >= 0.6 is 0 Å². The maximum atomic E-state index is 13.4. The number of benzene rings is 3. The fraction of sp³-hybridized carbons (Fsp3) is 0.308. The molecule has 3 aromatic carbocycles. The summed E-state index contributed by atoms with van der Waals surface area (Å²) in [6.45, 7) is 15.2. The summed E-state index contributed by atoms with van der Waals surface area (Å²) in [5.41, 5.74) is 9.38. The molecule has 1 aliphatic heterocycles. The van der Waals surface area contributed by atoms with Gasteiger partial charge in [0.15, 0.2) is 0 Å². The molecule has 29 heavy (non-hydrogen) atoms. The van der Waals surface area contributed by atoms with Gasteiger partial charge in [-0.3, -0.25) is 0 Å². The smallest absolute Gasteiger partial charge is 0.0892 e. The second kappa shape index (κ2) is 6.84. The topological polar surface area (TPSA) is 20.3 Å². The lowest BCUT2D eigenvalue weighted by Gasteiger charge is -2.36. The third-order valence-electron chi connectivity index (χ3n) is 5.69. The van der Waals surface area contributed by atoms with Crippen LogP contribution < -0.4 is 4.90 Å². The van der Waals surface area contributed by atoms with Gasteiger partial charge in [-0.25, -0.2) is 4.21 Å². The molecule has 0 unspecified atom stereocenters. The standard InChI is InChI=1S/C26H29NOS/c1-16-8-10-21-23(12-16)29(28)24-13-17(2)9-11-22(24)27(21)25-18(3)14-20(15-19(25)4)26(5,6)7/h8-15H,1-7H3. The Hall–Kier alpha value is -2.39. The number of hydrogen-bond donors (Lipinski definition) is 0. The molecule has 0 aromatic heterocycles. The van der Waals surface area contributed by atoms with Crippen molar-refractivity contribution in [3.63, 3.8) is 0 Å². The van der Waals surface area contributed by atoms with Gasteiger partial charge in [-0.15, -0.1) is 0 Å². The summed E-state index contributed by atoms with van der Waals surface area (Å²) < 4.78 is 13.4. The van der Waals surface area contributed by atoms with Crippen molar-refractivity contribution in [2.24, 2.45) is 0 Å². The molecule has 0 fully saturated rings. The predicted molar refractivity (Wildman–Crippen MR) is 123 cm³/mol. The van der Waals surface area contributed by atoms with Crippen molar-refractivity contribution >= 4 is 27.9 Å². The number of anilines is 3. The molecule has 0 saturated heterocycles. The molecule has 150 valence electrons. The highest BCUT2D eigenvalue weighted by molar-refractivity contribution is 7.85. The van der Waals surface area contributed by atoms with Crippen LogP contribution in [0.15, 0.2) is 58.3 Å². The summed E-state index contributed by atoms with van der Waals surface area (Å²) in [5.74, 6) is 0. The van der Waals surface area contributed by atoms with E-state index in [1.54, 1.807) is 0 Å². The summed E-state index contributed by atoms with van der Waals surface area (Å²) in [5, 5.41) is 0. The minimum absolute atomic E-state index is 0.0987. The van der Waals surface area contributed by atoms with E-state index in [0.717, 1.165) is 32.3 Å². The summed E-state index contributed by atoms with van der Waals surface area (Å²) in [6, 6.07) is 17.2. The molecule has 2 nitrogen and oxygen atoms in total. The van der Waals surface area contributed by atoms with E-state index in [0.29, 0.717) is 0 Å². The molecule has 1 aliphatic rings. The molecule has 4 rings (SSSR count). The van der Waals surface area contributed by atoms with Gasteiger partial charge in [0.1, 0.15) is 0 Å². The second-order valence-corrected chi connectivity index (χ2v) is 10.7. The Morgan fingerprint density at radius 1 is 0.724 bits per heavy atom. The molecule has 0 spiro atoms. The van der Waals surface area contributed by atoms with Gasteiger partial charge in [0.05, 0.1) is 37.7 Å². The fourth-order valence-electron chi connectivity index (χ4n) is 4.14. The first-order valence-electron chi connectivity index (χ1n) is 10.1. The van der Waals surface area contributed by atoms with Gasteiger partial charge in [-0.05, 0) is 85.2 Å². The molecule has 0 radical (unpaired) electrons. The van der Waals surface area contributed by atoms with Gasteiger partial charge in [0.25, 0.3) is 0 Å². The second-order valence-electron chi connectivity index (χ2n) is 9.26. The molecule has 0 amide bonds. The zero-order valence-electron chi connectivity index (χ0n) is 18.4. The van der Waals surface area contributed by atoms with Crippen LogP contribution in [0.5, 0.6) is 0 Å². The number of rotatable bonds is 1. The highest BCUT2D eigenvalue weighted by Gasteiger charge is 2.31. The monoisotopic (exact) mass is 403 g/mol. The molecule has 0 N–H and O–H groups in total. The van der Waals surface area contributed by atoms with Gasteiger partial charge in [0.2, 0.25) is 0 Å². The van der Waals surface area contributed by atoms with E-state index in [1.807, 2.05) is 0 Å². The number of aryl methyl sites for hydroxylation is 4. The molecule has 0 bridgehead atoms. The van der Waals surface area contributed by atoms with Crippen LogP contribution in [0.4, 0.5) is 17.1 Å². The summed E-state index contributed by atoms with van der Waals surface area (Å²) in [7, 11) is -1.18. The maximum absolute atomic E-state index is 13.4. The Morgan fingerprint density at radius 3 is 1.59 bits per heavy atom. The first kappa shape index (κ1) is 19.9. The molecule has 0 saturated carbocycles. The molecular formula is C26H29NOS. The maximum Gasteiger partial charge on any atom is 0.0892 e. The Morgan fingerprint density at radius 2 is 1.17 bits per heavy atom. The Balaban J connectivity index is 2.03. The van der Waals surface area contributed by atoms with Crippen LogP contribution in [-0.2, 0) is 16.2 Å². The van der Waals surface area contributed by atoms with Gasteiger partial charge >= 0.3 is 0 Å². The Kier molecular flexibility index (Phi) is 4.70. The molecule has 3 heteroatoms. The van der Waals surface area contributed by atoms with E-state index >= 15 is 0 Å². The summed E-state index contributed by atoms with van der Waals surface area (Å²) in [4.78, 5) is 4.09. The lowest BCUT2D eigenvalue weighted by molar-refractivity contribution is 0.589. The molecule has 1 heterocycles. The van der Waals surface area contributed by atoms with E-state index in [9.17, 15) is 4.21 Å². The Bertz CT molecular complexity index is 1080. The van der Waals surface area contributed by atoms with Crippen molar-refractivity contribution < 1.29 is 4.21 Å². The lowest BCUT2D eigenvalue weighted by atomic mass is 9.84. The van der Waals surface area contributed by atoms with E-state index in [2.05, 4.69) is 102 Å². The highest BCUT2D eigenvalue weighted by Crippen LogP contribution is 2.49. The largest absolute Gasteiger partial charge is 0.307 e. The predicted octanol–water partition coefficient (Wildman–Crippen LogP) is 7.17. The van der Waals surface area contributed by atoms with Crippen molar-refractivity contribution in [1.29, 1.82) is 0 Å². The first-order valence-corrected chi connectivity index (χ1v) is 11.3. The van der Waals surface area contributed by atoms with Crippen LogP contribution in [0.2, 0.25) is 0 Å². The lowest BCUT2D eigenvalue weighted by Crippen LogP contribution is -2.22. The normalized spacial score (nSPS) is 14.0. The fourth-order valence-corrected chi connectivity index (χ4v) is 5.66. The van der Waals surface area contributed by atoms with Crippen LogP contribution in [0.3, 0.4) is 0 Å².